The molecule has 0 amide bonds. The summed E-state index contributed by atoms with van der Waals surface area (Å²) in [6.07, 6.45) is 2.31. The number of rotatable bonds is 14. The maximum Gasteiger partial charge on any atom is 2.00 e. The van der Waals surface area contributed by atoms with Gasteiger partial charge in [-0.2, -0.15) is 0 Å². The van der Waals surface area contributed by atoms with Gasteiger partial charge in [-0.1, -0.05) is 90.8 Å². The van der Waals surface area contributed by atoms with Crippen molar-refractivity contribution in [3.8, 4) is 0 Å². The summed E-state index contributed by atoms with van der Waals surface area (Å²) in [6.45, 7) is 27.1. The van der Waals surface area contributed by atoms with Crippen molar-refractivity contribution in [3.05, 3.63) is 57.6 Å². The molecule has 6 heteroatoms. The Morgan fingerprint density at radius 3 is 1.05 bits per heavy atom. The Morgan fingerprint density at radius 1 is 0.564 bits per heavy atom. The van der Waals surface area contributed by atoms with Crippen LogP contribution in [0.3, 0.4) is 0 Å². The molecule has 2 aromatic carbocycles. The summed E-state index contributed by atoms with van der Waals surface area (Å²) in [5.41, 5.74) is 11.3. The Morgan fingerprint density at radius 2 is 0.821 bits per heavy atom. The predicted octanol–water partition coefficient (Wildman–Crippen LogP) is 3.04. The normalized spacial score (nSPS) is 11.1. The number of nitrogens with zero attached hydrogens (tertiary/aromatic N) is 1. The van der Waals surface area contributed by atoms with E-state index in [2.05, 4.69) is 116 Å². The molecule has 0 aliphatic rings. The van der Waals surface area contributed by atoms with Gasteiger partial charge >= 0.3 is 16.8 Å². The van der Waals surface area contributed by atoms with E-state index in [9.17, 15) is 0 Å². The fraction of sp³-hybridized carbons (Fsp3) is 0.636. The Balaban J connectivity index is 0. The van der Waals surface area contributed by atoms with Gasteiger partial charge in [-0.05, 0) is 92.8 Å². The zero-order valence-corrected chi connectivity index (χ0v) is 30.6. The summed E-state index contributed by atoms with van der Waals surface area (Å²) in [7, 11) is 2.26. The van der Waals surface area contributed by atoms with Crippen LogP contribution >= 0.6 is 0 Å². The average molecular weight is 713 g/mol. The molecule has 0 saturated heterocycles. The molecule has 1 radical (unpaired) electrons. The van der Waals surface area contributed by atoms with Gasteiger partial charge in [-0.3, -0.25) is 0 Å². The fourth-order valence-corrected chi connectivity index (χ4v) is 5.15. The van der Waals surface area contributed by atoms with E-state index < -0.39 is 0 Å². The minimum Gasteiger partial charge on any atom is -1.00 e. The van der Waals surface area contributed by atoms with Gasteiger partial charge in [-0.15, -0.1) is 0 Å². The van der Waals surface area contributed by atoms with Crippen LogP contribution < -0.4 is 44.6 Å². The first kappa shape index (κ1) is 40.6. The third kappa shape index (κ3) is 12.5. The molecule has 0 bridgehead atoms. The second-order valence-electron chi connectivity index (χ2n) is 12.1. The largest absolute Gasteiger partial charge is 2.00 e. The van der Waals surface area contributed by atoms with Crippen molar-refractivity contribution >= 4 is 11.4 Å². The molecule has 0 unspecified atom stereocenters. The van der Waals surface area contributed by atoms with Crippen LogP contribution in [0, 0.1) is 13.8 Å². The van der Waals surface area contributed by atoms with Gasteiger partial charge in [-0.25, -0.2) is 0 Å². The van der Waals surface area contributed by atoms with Crippen LogP contribution in [0.5, 0.6) is 0 Å². The SMILES string of the molecule is Cc1cc(C(C)C)c(NCCCN(C)CCCNc2c(C(C)C)cc(C)cc2C(C)C)c(C(C)C)c1.[Br-].[Br-].[Co+2]. The van der Waals surface area contributed by atoms with E-state index in [4.69, 9.17) is 0 Å². The summed E-state index contributed by atoms with van der Waals surface area (Å²) in [5, 5.41) is 7.63. The maximum atomic E-state index is 3.81. The van der Waals surface area contributed by atoms with Crippen LogP contribution in [0.25, 0.3) is 0 Å². The monoisotopic (exact) mass is 710 g/mol. The molecule has 0 atom stereocenters. The molecule has 2 rings (SSSR count). The minimum atomic E-state index is 0. The molecule has 225 valence electrons. The Bertz CT molecular complexity index is 838. The van der Waals surface area contributed by atoms with Crippen molar-refractivity contribution in [3.63, 3.8) is 0 Å². The number of hydrogen-bond donors (Lipinski definition) is 2. The van der Waals surface area contributed by atoms with Gasteiger partial charge in [0.25, 0.3) is 0 Å². The van der Waals surface area contributed by atoms with Crippen molar-refractivity contribution in [1.82, 2.24) is 4.90 Å². The van der Waals surface area contributed by atoms with Gasteiger partial charge in [0, 0.05) is 24.5 Å². The predicted molar refractivity (Wildman–Crippen MR) is 162 cm³/mol. The molecule has 2 N–H and O–H groups in total. The quantitative estimate of drug-likeness (QED) is 0.296. The minimum absolute atomic E-state index is 0. The third-order valence-corrected chi connectivity index (χ3v) is 7.21. The van der Waals surface area contributed by atoms with Crippen LogP contribution in [0.15, 0.2) is 24.3 Å². The molecule has 0 spiro atoms. The van der Waals surface area contributed by atoms with Gasteiger partial charge < -0.3 is 49.5 Å². The molecule has 0 heterocycles. The van der Waals surface area contributed by atoms with Gasteiger partial charge in [0.1, 0.15) is 0 Å². The second-order valence-corrected chi connectivity index (χ2v) is 12.1. The number of anilines is 2. The zero-order valence-electron chi connectivity index (χ0n) is 26.4. The fourth-order valence-electron chi connectivity index (χ4n) is 5.15. The standard InChI is InChI=1S/C33H55N3.2BrH.Co/c1-22(2)28-18-26(9)19-29(23(3)4)32(28)34-14-12-16-36(11)17-13-15-35-33-30(24(5)6)20-27(10)21-31(33)25(7)8;;;/h18-25,34-35H,12-17H2,1-11H3;2*1H;/q;;;+2/p-2. The Kier molecular flexibility index (Phi) is 20.4. The van der Waals surface area contributed by atoms with E-state index in [1.165, 1.54) is 44.8 Å². The van der Waals surface area contributed by atoms with Gasteiger partial charge in [0.05, 0.1) is 0 Å². The Labute approximate surface area is 272 Å². The summed E-state index contributed by atoms with van der Waals surface area (Å²) in [4.78, 5) is 2.48. The number of benzene rings is 2. The summed E-state index contributed by atoms with van der Waals surface area (Å²) in [5.74, 6) is 2.11. The van der Waals surface area contributed by atoms with Crippen LogP contribution in [0.1, 0.15) is 125 Å². The van der Waals surface area contributed by atoms with E-state index in [-0.39, 0.29) is 50.7 Å². The second kappa shape index (κ2) is 19.6. The van der Waals surface area contributed by atoms with Crippen LogP contribution in [0.4, 0.5) is 11.4 Å². The Hall–Kier alpha value is -0.534. The number of hydrogen-bond acceptors (Lipinski definition) is 3. The molecular formula is C33H55Br2CoN3. The van der Waals surface area contributed by atoms with Crippen LogP contribution in [-0.4, -0.2) is 38.1 Å². The van der Waals surface area contributed by atoms with E-state index in [1.807, 2.05) is 0 Å². The molecule has 0 fully saturated rings. The van der Waals surface area contributed by atoms with Crippen molar-refractivity contribution < 1.29 is 50.7 Å². The van der Waals surface area contributed by atoms with Crippen molar-refractivity contribution in [2.75, 3.05) is 43.9 Å². The third-order valence-electron chi connectivity index (χ3n) is 7.21. The number of halogens is 2. The van der Waals surface area contributed by atoms with Crippen LogP contribution in [-0.2, 0) is 16.8 Å². The molecule has 0 saturated carbocycles. The van der Waals surface area contributed by atoms with Crippen molar-refractivity contribution in [1.29, 1.82) is 0 Å². The molecular weight excluding hydrogens is 657 g/mol. The summed E-state index contributed by atoms with van der Waals surface area (Å²) < 4.78 is 0. The molecule has 0 aliphatic carbocycles. The molecule has 39 heavy (non-hydrogen) atoms. The first-order valence-electron chi connectivity index (χ1n) is 14.4. The number of aryl methyl sites for hydroxylation is 2. The smallest absolute Gasteiger partial charge is 1.00 e. The molecule has 0 aromatic heterocycles. The van der Waals surface area contributed by atoms with E-state index >= 15 is 0 Å². The average Bonchev–Trinajstić information content (AvgIpc) is 2.79. The van der Waals surface area contributed by atoms with Crippen LogP contribution in [0.2, 0.25) is 0 Å². The first-order valence-corrected chi connectivity index (χ1v) is 14.4. The van der Waals surface area contributed by atoms with E-state index in [0.29, 0.717) is 23.7 Å². The summed E-state index contributed by atoms with van der Waals surface area (Å²) in [6, 6.07) is 9.45. The molecule has 0 aliphatic heterocycles. The maximum absolute atomic E-state index is 3.81. The van der Waals surface area contributed by atoms with Gasteiger partial charge in [0.15, 0.2) is 0 Å². The van der Waals surface area contributed by atoms with Crippen molar-refractivity contribution in [2.24, 2.45) is 0 Å². The first-order chi connectivity index (χ1) is 16.9. The molecule has 2 aromatic rings. The number of nitrogens with one attached hydrogen (secondary N) is 2. The van der Waals surface area contributed by atoms with Crippen molar-refractivity contribution in [2.45, 2.75) is 106 Å². The zero-order chi connectivity index (χ0) is 27.0. The van der Waals surface area contributed by atoms with Gasteiger partial charge in [0.2, 0.25) is 0 Å². The topological polar surface area (TPSA) is 27.3 Å². The summed E-state index contributed by atoms with van der Waals surface area (Å²) >= 11 is 0. The van der Waals surface area contributed by atoms with E-state index in [0.717, 1.165) is 39.0 Å². The molecule has 3 nitrogen and oxygen atoms in total. The van der Waals surface area contributed by atoms with E-state index in [1.54, 1.807) is 0 Å².